The number of benzene rings is 1. The molecule has 0 aromatic heterocycles. The first kappa shape index (κ1) is 16.5. The molecule has 1 aromatic carbocycles. The van der Waals surface area contributed by atoms with Crippen LogP contribution in [0.25, 0.3) is 0 Å². The number of likely N-dealkylation sites (N-methyl/N-ethyl adjacent to an activating group) is 1. The molecule has 1 fully saturated rings. The summed E-state index contributed by atoms with van der Waals surface area (Å²) in [5.74, 6) is -2.35. The highest BCUT2D eigenvalue weighted by Crippen LogP contribution is 2.05. The Kier molecular flexibility index (Phi) is 5.29. The minimum absolute atomic E-state index is 0.0163. The molecular formula is C15H17N3O5. The molecule has 0 atom stereocenters. The second kappa shape index (κ2) is 7.39. The lowest BCUT2D eigenvalue weighted by atomic mass is 10.2. The quantitative estimate of drug-likeness (QED) is 0.629. The number of imide groups is 1. The summed E-state index contributed by atoms with van der Waals surface area (Å²) in [5, 5.41) is 0. The first-order valence-corrected chi connectivity index (χ1v) is 7.17. The van der Waals surface area contributed by atoms with Crippen LogP contribution in [-0.2, 0) is 25.6 Å². The highest BCUT2D eigenvalue weighted by Gasteiger charge is 2.35. The smallest absolute Gasteiger partial charge is 0.339 e. The van der Waals surface area contributed by atoms with Gasteiger partial charge in [0.25, 0.3) is 0 Å². The summed E-state index contributed by atoms with van der Waals surface area (Å²) in [4.78, 5) is 53.7. The zero-order valence-corrected chi connectivity index (χ0v) is 12.7. The van der Waals surface area contributed by atoms with E-state index in [0.717, 1.165) is 10.5 Å². The predicted octanol–water partition coefficient (Wildman–Crippen LogP) is 0.0876. The van der Waals surface area contributed by atoms with E-state index in [0.29, 0.717) is 6.54 Å². The lowest BCUT2D eigenvalue weighted by Crippen LogP contribution is -2.58. The van der Waals surface area contributed by atoms with Crippen molar-refractivity contribution in [2.45, 2.75) is 13.3 Å². The van der Waals surface area contributed by atoms with E-state index in [1.807, 2.05) is 11.5 Å². The molecule has 0 saturated carbocycles. The van der Waals surface area contributed by atoms with Crippen molar-refractivity contribution in [2.75, 3.05) is 19.6 Å². The summed E-state index contributed by atoms with van der Waals surface area (Å²) in [7, 11) is 0. The molecule has 0 spiro atoms. The molecular weight excluding hydrogens is 302 g/mol. The summed E-state index contributed by atoms with van der Waals surface area (Å²) in [5.41, 5.74) is 2.63. The van der Waals surface area contributed by atoms with Gasteiger partial charge in [-0.15, -0.1) is 0 Å². The third kappa shape index (κ3) is 4.06. The Bertz CT molecular complexity index is 617. The molecule has 23 heavy (non-hydrogen) atoms. The molecule has 8 nitrogen and oxygen atoms in total. The van der Waals surface area contributed by atoms with Gasteiger partial charge in [0.1, 0.15) is 0 Å². The largest absolute Gasteiger partial charge is 0.357 e. The second-order valence-corrected chi connectivity index (χ2v) is 4.89. The van der Waals surface area contributed by atoms with Gasteiger partial charge in [0.15, 0.2) is 0 Å². The maximum atomic E-state index is 11.9. The van der Waals surface area contributed by atoms with Crippen LogP contribution >= 0.6 is 0 Å². The maximum absolute atomic E-state index is 11.9. The number of hydrogen-bond donors (Lipinski definition) is 1. The van der Waals surface area contributed by atoms with Gasteiger partial charge in [0, 0.05) is 19.6 Å². The number of hydrogen-bond acceptors (Lipinski definition) is 5. The van der Waals surface area contributed by atoms with E-state index in [-0.39, 0.29) is 19.5 Å². The molecule has 1 N–H and O–H groups in total. The Balaban J connectivity index is 1.84. The third-order valence-corrected chi connectivity index (χ3v) is 3.38. The number of rotatable bonds is 3. The van der Waals surface area contributed by atoms with Gasteiger partial charge in [0.2, 0.25) is 0 Å². The second-order valence-electron chi connectivity index (χ2n) is 4.89. The summed E-state index contributed by atoms with van der Waals surface area (Å²) >= 11 is 0. The molecule has 0 unspecified atom stereocenters. The van der Waals surface area contributed by atoms with Crippen LogP contribution < -0.4 is 5.48 Å². The van der Waals surface area contributed by atoms with Gasteiger partial charge in [-0.05, 0) is 12.5 Å². The lowest BCUT2D eigenvalue weighted by Gasteiger charge is -2.31. The van der Waals surface area contributed by atoms with E-state index in [1.165, 1.54) is 4.90 Å². The fourth-order valence-corrected chi connectivity index (χ4v) is 2.12. The molecule has 0 aliphatic carbocycles. The first-order valence-electron chi connectivity index (χ1n) is 7.17. The zero-order valence-electron chi connectivity index (χ0n) is 12.7. The van der Waals surface area contributed by atoms with Crippen LogP contribution in [0.5, 0.6) is 0 Å². The summed E-state index contributed by atoms with van der Waals surface area (Å²) in [6.07, 6.45) is -0.0163. The Morgan fingerprint density at radius 2 is 1.83 bits per heavy atom. The summed E-state index contributed by atoms with van der Waals surface area (Å²) in [6.45, 7) is 2.45. The van der Waals surface area contributed by atoms with Crippen molar-refractivity contribution in [3.05, 3.63) is 35.9 Å². The Morgan fingerprint density at radius 3 is 2.48 bits per heavy atom. The van der Waals surface area contributed by atoms with Crippen LogP contribution in [0.3, 0.4) is 0 Å². The van der Waals surface area contributed by atoms with E-state index >= 15 is 0 Å². The average molecular weight is 319 g/mol. The van der Waals surface area contributed by atoms with Crippen molar-refractivity contribution in [1.29, 1.82) is 0 Å². The van der Waals surface area contributed by atoms with E-state index < -0.39 is 23.8 Å². The van der Waals surface area contributed by atoms with Crippen molar-refractivity contribution in [1.82, 2.24) is 15.3 Å². The minimum atomic E-state index is -0.935. The molecule has 1 saturated heterocycles. The molecule has 2 rings (SSSR count). The van der Waals surface area contributed by atoms with Gasteiger partial charge in [-0.25, -0.2) is 9.59 Å². The highest BCUT2D eigenvalue weighted by molar-refractivity contribution is 6.38. The minimum Gasteiger partial charge on any atom is -0.339 e. The van der Waals surface area contributed by atoms with Crippen LogP contribution in [0.4, 0.5) is 4.79 Å². The molecule has 122 valence electrons. The van der Waals surface area contributed by atoms with Gasteiger partial charge >= 0.3 is 23.8 Å². The SMILES string of the molecule is CCN1CCN(C(=O)NOC(=O)Cc2ccccc2)C(=O)C1=O. The van der Waals surface area contributed by atoms with E-state index in [4.69, 9.17) is 0 Å². The van der Waals surface area contributed by atoms with Crippen molar-refractivity contribution < 1.29 is 24.0 Å². The molecule has 0 bridgehead atoms. The van der Waals surface area contributed by atoms with Crippen LogP contribution in [-0.4, -0.2) is 53.2 Å². The van der Waals surface area contributed by atoms with Gasteiger partial charge < -0.3 is 9.74 Å². The van der Waals surface area contributed by atoms with Gasteiger partial charge in [0.05, 0.1) is 6.42 Å². The zero-order chi connectivity index (χ0) is 16.8. The normalized spacial score (nSPS) is 14.7. The number of urea groups is 1. The number of nitrogens with one attached hydrogen (secondary N) is 1. The average Bonchev–Trinajstić information content (AvgIpc) is 2.56. The van der Waals surface area contributed by atoms with Crippen molar-refractivity contribution in [3.8, 4) is 0 Å². The van der Waals surface area contributed by atoms with E-state index in [9.17, 15) is 19.2 Å². The third-order valence-electron chi connectivity index (χ3n) is 3.38. The Labute approximate surface area is 132 Å². The maximum Gasteiger partial charge on any atom is 0.357 e. The molecule has 1 aliphatic rings. The van der Waals surface area contributed by atoms with Crippen molar-refractivity contribution in [3.63, 3.8) is 0 Å². The fourth-order valence-electron chi connectivity index (χ4n) is 2.12. The topological polar surface area (TPSA) is 96.0 Å². The first-order chi connectivity index (χ1) is 11.0. The number of piperazine rings is 1. The molecule has 1 aliphatic heterocycles. The molecule has 1 heterocycles. The van der Waals surface area contributed by atoms with Gasteiger partial charge in [-0.1, -0.05) is 30.3 Å². The Morgan fingerprint density at radius 1 is 1.13 bits per heavy atom. The van der Waals surface area contributed by atoms with Crippen molar-refractivity contribution >= 4 is 23.8 Å². The Hall–Kier alpha value is -2.90. The molecule has 1 aromatic rings. The highest BCUT2D eigenvalue weighted by atomic mass is 16.7. The molecule has 4 amide bonds. The number of hydroxylamine groups is 1. The van der Waals surface area contributed by atoms with Crippen LogP contribution in [0.2, 0.25) is 0 Å². The summed E-state index contributed by atoms with van der Waals surface area (Å²) in [6, 6.07) is 7.93. The monoisotopic (exact) mass is 319 g/mol. The van der Waals surface area contributed by atoms with Crippen molar-refractivity contribution in [2.24, 2.45) is 0 Å². The van der Waals surface area contributed by atoms with Gasteiger partial charge in [-0.3, -0.25) is 14.5 Å². The number of carbonyl (C=O) groups is 4. The van der Waals surface area contributed by atoms with Crippen LogP contribution in [0.15, 0.2) is 30.3 Å². The lowest BCUT2D eigenvalue weighted by molar-refractivity contribution is -0.155. The van der Waals surface area contributed by atoms with E-state index in [2.05, 4.69) is 4.84 Å². The number of amides is 4. The molecule has 8 heteroatoms. The number of nitrogens with zero attached hydrogens (tertiary/aromatic N) is 2. The predicted molar refractivity (Wildman–Crippen MR) is 78.7 cm³/mol. The number of carbonyl (C=O) groups excluding carboxylic acids is 4. The standard InChI is InChI=1S/C15H17N3O5/c1-2-17-8-9-18(14(21)13(17)20)15(22)16-23-12(19)10-11-6-4-3-5-7-11/h3-7H,2,8-10H2,1H3,(H,16,22). The summed E-state index contributed by atoms with van der Waals surface area (Å²) < 4.78 is 0. The fraction of sp³-hybridized carbons (Fsp3) is 0.333. The van der Waals surface area contributed by atoms with E-state index in [1.54, 1.807) is 31.2 Å². The van der Waals surface area contributed by atoms with Crippen LogP contribution in [0.1, 0.15) is 12.5 Å². The van der Waals surface area contributed by atoms with Gasteiger partial charge in [-0.2, -0.15) is 5.48 Å². The molecule has 0 radical (unpaired) electrons. The van der Waals surface area contributed by atoms with Crippen LogP contribution in [0, 0.1) is 0 Å².